The lowest BCUT2D eigenvalue weighted by Crippen LogP contribution is -2.28. The van der Waals surface area contributed by atoms with Gasteiger partial charge in [-0.05, 0) is 43.7 Å². The van der Waals surface area contributed by atoms with Crippen LogP contribution in [0, 0.1) is 0 Å². The Morgan fingerprint density at radius 1 is 1.06 bits per heavy atom. The predicted octanol–water partition coefficient (Wildman–Crippen LogP) is 0.806. The van der Waals surface area contributed by atoms with Gasteiger partial charge in [-0.2, -0.15) is 0 Å². The molecular weight excluding hydrogens is 202 g/mol. The summed E-state index contributed by atoms with van der Waals surface area (Å²) in [5.74, 6) is 0. The molecule has 0 amide bonds. The first-order valence-electron chi connectivity index (χ1n) is 5.69. The minimum absolute atomic E-state index is 0.160. The fraction of sp³-hybridized carbons (Fsp3) is 0.500. The molecule has 0 aromatic heterocycles. The topological polar surface area (TPSA) is 75.5 Å². The number of unbranched alkanes of at least 4 members (excludes halogenated alkanes) is 1. The molecule has 0 aliphatic rings. The zero-order valence-corrected chi connectivity index (χ0v) is 9.60. The predicted molar refractivity (Wildman–Crippen MR) is 68.4 cm³/mol. The van der Waals surface area contributed by atoms with Gasteiger partial charge in [-0.15, -0.1) is 0 Å². The van der Waals surface area contributed by atoms with E-state index in [0.29, 0.717) is 13.1 Å². The van der Waals surface area contributed by atoms with Crippen LogP contribution in [0.3, 0.4) is 0 Å². The Hall–Kier alpha value is -1.26. The van der Waals surface area contributed by atoms with Crippen molar-refractivity contribution in [3.63, 3.8) is 0 Å². The molecule has 1 rings (SSSR count). The zero-order valence-electron chi connectivity index (χ0n) is 9.60. The zero-order chi connectivity index (χ0) is 11.8. The molecule has 0 atom stereocenters. The standard InChI is InChI=1S/C12H21N3O/c13-7-1-2-8-15(9-10-16)12-5-3-11(14)4-6-12/h3-6,16H,1-2,7-10,13-14H2. The van der Waals surface area contributed by atoms with Crippen LogP contribution in [0.25, 0.3) is 0 Å². The molecule has 0 bridgehead atoms. The second kappa shape index (κ2) is 7.09. The van der Waals surface area contributed by atoms with E-state index in [1.165, 1.54) is 0 Å². The summed E-state index contributed by atoms with van der Waals surface area (Å²) in [6, 6.07) is 7.71. The molecule has 1 aromatic rings. The van der Waals surface area contributed by atoms with Gasteiger partial charge in [-0.1, -0.05) is 0 Å². The highest BCUT2D eigenvalue weighted by molar-refractivity contribution is 5.53. The lowest BCUT2D eigenvalue weighted by atomic mass is 10.2. The van der Waals surface area contributed by atoms with Gasteiger partial charge < -0.3 is 21.5 Å². The van der Waals surface area contributed by atoms with Crippen molar-refractivity contribution in [2.45, 2.75) is 12.8 Å². The molecule has 0 unspecified atom stereocenters. The van der Waals surface area contributed by atoms with E-state index in [2.05, 4.69) is 4.90 Å². The maximum Gasteiger partial charge on any atom is 0.0606 e. The average molecular weight is 223 g/mol. The van der Waals surface area contributed by atoms with Gasteiger partial charge in [0.2, 0.25) is 0 Å². The van der Waals surface area contributed by atoms with E-state index >= 15 is 0 Å². The second-order valence-corrected chi connectivity index (χ2v) is 3.80. The highest BCUT2D eigenvalue weighted by atomic mass is 16.3. The van der Waals surface area contributed by atoms with E-state index in [1.807, 2.05) is 24.3 Å². The number of hydrogen-bond acceptors (Lipinski definition) is 4. The highest BCUT2D eigenvalue weighted by Gasteiger charge is 2.04. The molecule has 90 valence electrons. The third-order valence-corrected chi connectivity index (χ3v) is 2.51. The van der Waals surface area contributed by atoms with Gasteiger partial charge in [-0.3, -0.25) is 0 Å². The molecule has 0 fully saturated rings. The number of hydrogen-bond donors (Lipinski definition) is 3. The summed E-state index contributed by atoms with van der Waals surface area (Å²) in [6.07, 6.45) is 2.05. The lowest BCUT2D eigenvalue weighted by Gasteiger charge is -2.24. The van der Waals surface area contributed by atoms with E-state index in [4.69, 9.17) is 16.6 Å². The van der Waals surface area contributed by atoms with Gasteiger partial charge in [0.15, 0.2) is 0 Å². The molecule has 1 aromatic carbocycles. The van der Waals surface area contributed by atoms with Crippen molar-refractivity contribution in [1.82, 2.24) is 0 Å². The highest BCUT2D eigenvalue weighted by Crippen LogP contribution is 2.16. The van der Waals surface area contributed by atoms with Crippen LogP contribution in [-0.4, -0.2) is 31.3 Å². The maximum absolute atomic E-state index is 9.02. The first-order chi connectivity index (χ1) is 7.77. The van der Waals surface area contributed by atoms with E-state index in [9.17, 15) is 0 Å². The number of benzene rings is 1. The molecule has 5 N–H and O–H groups in total. The van der Waals surface area contributed by atoms with Crippen LogP contribution in [0.4, 0.5) is 11.4 Å². The summed E-state index contributed by atoms with van der Waals surface area (Å²) in [5.41, 5.74) is 13.0. The SMILES string of the molecule is NCCCCN(CCO)c1ccc(N)cc1. The van der Waals surface area contributed by atoms with Crippen LogP contribution in [0.15, 0.2) is 24.3 Å². The van der Waals surface area contributed by atoms with Crippen LogP contribution in [-0.2, 0) is 0 Å². The Balaban J connectivity index is 2.57. The van der Waals surface area contributed by atoms with Crippen LogP contribution in [0.5, 0.6) is 0 Å². The minimum Gasteiger partial charge on any atom is -0.399 e. The third-order valence-electron chi connectivity index (χ3n) is 2.51. The monoisotopic (exact) mass is 223 g/mol. The van der Waals surface area contributed by atoms with Gasteiger partial charge in [0, 0.05) is 24.5 Å². The molecule has 4 heteroatoms. The number of nitrogens with zero attached hydrogens (tertiary/aromatic N) is 1. The Labute approximate surface area is 96.9 Å². The summed E-state index contributed by atoms with van der Waals surface area (Å²) in [7, 11) is 0. The molecule has 0 radical (unpaired) electrons. The molecule has 0 saturated carbocycles. The summed E-state index contributed by atoms with van der Waals surface area (Å²) in [5, 5.41) is 9.02. The first kappa shape index (κ1) is 12.8. The van der Waals surface area contributed by atoms with Crippen LogP contribution >= 0.6 is 0 Å². The minimum atomic E-state index is 0.160. The summed E-state index contributed by atoms with van der Waals surface area (Å²) in [6.45, 7) is 2.44. The van der Waals surface area contributed by atoms with E-state index in [0.717, 1.165) is 30.8 Å². The van der Waals surface area contributed by atoms with Gasteiger partial charge >= 0.3 is 0 Å². The van der Waals surface area contributed by atoms with Gasteiger partial charge in [0.25, 0.3) is 0 Å². The molecule has 4 nitrogen and oxygen atoms in total. The first-order valence-corrected chi connectivity index (χ1v) is 5.69. The second-order valence-electron chi connectivity index (χ2n) is 3.80. The smallest absolute Gasteiger partial charge is 0.0606 e. The van der Waals surface area contributed by atoms with E-state index in [1.54, 1.807) is 0 Å². The molecular formula is C12H21N3O. The Kier molecular flexibility index (Phi) is 5.67. The number of anilines is 2. The maximum atomic E-state index is 9.02. The molecule has 0 spiro atoms. The van der Waals surface area contributed by atoms with Crippen molar-refractivity contribution >= 4 is 11.4 Å². The van der Waals surface area contributed by atoms with Crippen molar-refractivity contribution < 1.29 is 5.11 Å². The fourth-order valence-corrected chi connectivity index (χ4v) is 1.62. The lowest BCUT2D eigenvalue weighted by molar-refractivity contribution is 0.301. The summed E-state index contributed by atoms with van der Waals surface area (Å²) >= 11 is 0. The van der Waals surface area contributed by atoms with Crippen LogP contribution < -0.4 is 16.4 Å². The number of rotatable bonds is 7. The molecule has 0 saturated heterocycles. The van der Waals surface area contributed by atoms with Gasteiger partial charge in [0.1, 0.15) is 0 Å². The van der Waals surface area contributed by atoms with Crippen molar-refractivity contribution in [3.8, 4) is 0 Å². The summed E-state index contributed by atoms with van der Waals surface area (Å²) in [4.78, 5) is 2.15. The van der Waals surface area contributed by atoms with Crippen molar-refractivity contribution in [1.29, 1.82) is 0 Å². The number of nitrogens with two attached hydrogens (primary N) is 2. The van der Waals surface area contributed by atoms with Gasteiger partial charge in [-0.25, -0.2) is 0 Å². The van der Waals surface area contributed by atoms with Crippen LogP contribution in [0.1, 0.15) is 12.8 Å². The average Bonchev–Trinajstić information content (AvgIpc) is 2.29. The number of nitrogen functional groups attached to an aromatic ring is 1. The normalized spacial score (nSPS) is 10.4. The molecule has 0 heterocycles. The Morgan fingerprint density at radius 2 is 1.75 bits per heavy atom. The molecule has 0 aliphatic heterocycles. The van der Waals surface area contributed by atoms with Crippen molar-refractivity contribution in [2.75, 3.05) is 36.9 Å². The third kappa shape index (κ3) is 4.08. The largest absolute Gasteiger partial charge is 0.399 e. The van der Waals surface area contributed by atoms with Crippen LogP contribution in [0.2, 0.25) is 0 Å². The number of aliphatic hydroxyl groups is 1. The quantitative estimate of drug-likeness (QED) is 0.472. The van der Waals surface area contributed by atoms with E-state index in [-0.39, 0.29) is 6.61 Å². The van der Waals surface area contributed by atoms with Crippen molar-refractivity contribution in [2.24, 2.45) is 5.73 Å². The Morgan fingerprint density at radius 3 is 2.31 bits per heavy atom. The molecule has 0 aliphatic carbocycles. The summed E-state index contributed by atoms with van der Waals surface area (Å²) < 4.78 is 0. The van der Waals surface area contributed by atoms with E-state index < -0.39 is 0 Å². The molecule has 16 heavy (non-hydrogen) atoms. The fourth-order valence-electron chi connectivity index (χ4n) is 1.62. The van der Waals surface area contributed by atoms with Crippen molar-refractivity contribution in [3.05, 3.63) is 24.3 Å². The Bertz CT molecular complexity index is 287. The van der Waals surface area contributed by atoms with Gasteiger partial charge in [0.05, 0.1) is 6.61 Å². The number of aliphatic hydroxyl groups excluding tert-OH is 1.